The zero-order chi connectivity index (χ0) is 9.03. The van der Waals surface area contributed by atoms with Gasteiger partial charge in [0.1, 0.15) is 0 Å². The van der Waals surface area contributed by atoms with Crippen LogP contribution in [0.3, 0.4) is 0 Å². The fraction of sp³-hybridized carbons (Fsp3) is 1.00. The Morgan fingerprint density at radius 3 is 2.17 bits per heavy atom. The quantitative estimate of drug-likeness (QED) is 0.648. The first-order valence-corrected chi connectivity index (χ1v) is 4.02. The third-order valence-electron chi connectivity index (χ3n) is 1.73. The molecule has 0 radical (unpaired) electrons. The van der Waals surface area contributed by atoms with Crippen molar-refractivity contribution >= 4 is 0 Å². The number of piperidine rings is 1. The summed E-state index contributed by atoms with van der Waals surface area (Å²) in [6.45, 7) is 0.0825. The predicted octanol–water partition coefficient (Wildman–Crippen LogP) is 1.97. The number of rotatable bonds is 2. The van der Waals surface area contributed by atoms with Crippen molar-refractivity contribution < 1.29 is 18.0 Å². The molecule has 0 aromatic rings. The van der Waals surface area contributed by atoms with Crippen molar-refractivity contribution in [2.45, 2.75) is 25.4 Å². The van der Waals surface area contributed by atoms with E-state index in [4.69, 9.17) is 0 Å². The highest BCUT2D eigenvalue weighted by Gasteiger charge is 2.29. The van der Waals surface area contributed by atoms with E-state index in [9.17, 15) is 13.2 Å². The molecule has 12 heavy (non-hydrogen) atoms. The molecule has 0 saturated carbocycles. The van der Waals surface area contributed by atoms with Crippen LogP contribution in [-0.2, 0) is 4.84 Å². The molecule has 0 spiro atoms. The van der Waals surface area contributed by atoms with E-state index in [1.807, 2.05) is 0 Å². The summed E-state index contributed by atoms with van der Waals surface area (Å²) in [5.41, 5.74) is 0. The molecule has 0 atom stereocenters. The van der Waals surface area contributed by atoms with Crippen molar-refractivity contribution in [1.29, 1.82) is 0 Å². The number of nitrogens with zero attached hydrogens (tertiary/aromatic N) is 1. The third-order valence-corrected chi connectivity index (χ3v) is 1.73. The van der Waals surface area contributed by atoms with Crippen molar-refractivity contribution in [1.82, 2.24) is 5.06 Å². The molecule has 0 N–H and O–H groups in total. The zero-order valence-corrected chi connectivity index (χ0v) is 6.73. The molecule has 1 fully saturated rings. The summed E-state index contributed by atoms with van der Waals surface area (Å²) < 4.78 is 35.0. The van der Waals surface area contributed by atoms with E-state index in [1.54, 1.807) is 0 Å². The first kappa shape index (κ1) is 9.80. The molecule has 1 heterocycles. The molecule has 0 aromatic heterocycles. The Balaban J connectivity index is 2.13. The maximum absolute atomic E-state index is 11.7. The van der Waals surface area contributed by atoms with Gasteiger partial charge in [0.2, 0.25) is 0 Å². The summed E-state index contributed by atoms with van der Waals surface area (Å²) in [7, 11) is 0. The van der Waals surface area contributed by atoms with Gasteiger partial charge in [0, 0.05) is 13.1 Å². The Morgan fingerprint density at radius 2 is 1.67 bits per heavy atom. The molecular formula is C7H12F3NO. The minimum absolute atomic E-state index is 0.621. The van der Waals surface area contributed by atoms with E-state index in [-0.39, 0.29) is 0 Å². The lowest BCUT2D eigenvalue weighted by Gasteiger charge is -2.25. The fourth-order valence-electron chi connectivity index (χ4n) is 1.16. The van der Waals surface area contributed by atoms with Crippen LogP contribution in [0.15, 0.2) is 0 Å². The van der Waals surface area contributed by atoms with Gasteiger partial charge in [-0.2, -0.15) is 18.2 Å². The van der Waals surface area contributed by atoms with Gasteiger partial charge >= 0.3 is 6.18 Å². The Kier molecular flexibility index (Phi) is 3.34. The highest BCUT2D eigenvalue weighted by molar-refractivity contribution is 4.57. The Labute approximate surface area is 69.2 Å². The number of hydroxylamine groups is 2. The zero-order valence-electron chi connectivity index (χ0n) is 6.73. The van der Waals surface area contributed by atoms with Crippen molar-refractivity contribution in [2.24, 2.45) is 0 Å². The van der Waals surface area contributed by atoms with Crippen LogP contribution in [0.2, 0.25) is 0 Å². The van der Waals surface area contributed by atoms with Crippen molar-refractivity contribution in [3.63, 3.8) is 0 Å². The fourth-order valence-corrected chi connectivity index (χ4v) is 1.16. The Hall–Kier alpha value is -0.290. The lowest BCUT2D eigenvalue weighted by atomic mass is 10.2. The van der Waals surface area contributed by atoms with Crippen molar-refractivity contribution in [3.05, 3.63) is 0 Å². The van der Waals surface area contributed by atoms with E-state index in [1.165, 1.54) is 5.06 Å². The average Bonchev–Trinajstić information content (AvgIpc) is 2.02. The maximum atomic E-state index is 11.7. The molecule has 0 amide bonds. The minimum Gasteiger partial charge on any atom is -0.289 e. The summed E-state index contributed by atoms with van der Waals surface area (Å²) in [6.07, 6.45) is -1.26. The van der Waals surface area contributed by atoms with Crippen LogP contribution in [0.5, 0.6) is 0 Å². The molecule has 72 valence electrons. The average molecular weight is 183 g/mol. The predicted molar refractivity (Wildman–Crippen MR) is 37.4 cm³/mol. The second-order valence-electron chi connectivity index (χ2n) is 2.88. The molecule has 0 bridgehead atoms. The topological polar surface area (TPSA) is 12.5 Å². The summed E-state index contributed by atoms with van der Waals surface area (Å²) in [6, 6.07) is 0. The summed E-state index contributed by atoms with van der Waals surface area (Å²) >= 11 is 0. The van der Waals surface area contributed by atoms with E-state index < -0.39 is 12.8 Å². The van der Waals surface area contributed by atoms with Gasteiger partial charge in [-0.1, -0.05) is 6.42 Å². The smallest absolute Gasteiger partial charge is 0.289 e. The van der Waals surface area contributed by atoms with E-state index in [0.29, 0.717) is 13.1 Å². The van der Waals surface area contributed by atoms with Crippen molar-refractivity contribution in [2.75, 3.05) is 19.7 Å². The van der Waals surface area contributed by atoms with Crippen LogP contribution in [0.1, 0.15) is 19.3 Å². The number of halogens is 3. The van der Waals surface area contributed by atoms with Crippen LogP contribution >= 0.6 is 0 Å². The highest BCUT2D eigenvalue weighted by Crippen LogP contribution is 2.17. The summed E-state index contributed by atoms with van der Waals surface area (Å²) in [4.78, 5) is 4.56. The van der Waals surface area contributed by atoms with E-state index >= 15 is 0 Å². The van der Waals surface area contributed by atoms with Gasteiger partial charge < -0.3 is 0 Å². The maximum Gasteiger partial charge on any atom is 0.413 e. The summed E-state index contributed by atoms with van der Waals surface area (Å²) in [5, 5.41) is 1.40. The van der Waals surface area contributed by atoms with Crippen molar-refractivity contribution in [3.8, 4) is 0 Å². The molecule has 1 aliphatic heterocycles. The van der Waals surface area contributed by atoms with Gasteiger partial charge in [0.05, 0.1) is 0 Å². The van der Waals surface area contributed by atoms with Crippen LogP contribution in [-0.4, -0.2) is 30.9 Å². The first-order chi connectivity index (χ1) is 5.58. The second-order valence-corrected chi connectivity index (χ2v) is 2.88. The third kappa shape index (κ3) is 3.92. The molecular weight excluding hydrogens is 171 g/mol. The lowest BCUT2D eigenvalue weighted by Crippen LogP contribution is -2.33. The molecule has 0 aromatic carbocycles. The van der Waals surface area contributed by atoms with Gasteiger partial charge in [0.15, 0.2) is 6.61 Å². The van der Waals surface area contributed by atoms with Gasteiger partial charge in [0.25, 0.3) is 0 Å². The van der Waals surface area contributed by atoms with Gasteiger partial charge in [-0.25, -0.2) is 0 Å². The van der Waals surface area contributed by atoms with E-state index in [0.717, 1.165) is 19.3 Å². The minimum atomic E-state index is -4.21. The molecule has 0 aliphatic carbocycles. The Bertz CT molecular complexity index is 131. The first-order valence-electron chi connectivity index (χ1n) is 4.02. The molecule has 1 rings (SSSR count). The van der Waals surface area contributed by atoms with Crippen LogP contribution in [0.25, 0.3) is 0 Å². The van der Waals surface area contributed by atoms with Crippen LogP contribution in [0, 0.1) is 0 Å². The number of hydrogen-bond acceptors (Lipinski definition) is 2. The Morgan fingerprint density at radius 1 is 1.08 bits per heavy atom. The lowest BCUT2D eigenvalue weighted by molar-refractivity contribution is -0.256. The standard InChI is InChI=1S/C7H12F3NO/c8-7(9,10)6-12-11-4-2-1-3-5-11/h1-6H2. The van der Waals surface area contributed by atoms with Gasteiger partial charge in [-0.15, -0.1) is 0 Å². The van der Waals surface area contributed by atoms with Crippen LogP contribution in [0.4, 0.5) is 13.2 Å². The number of alkyl halides is 3. The molecule has 1 saturated heterocycles. The SMILES string of the molecule is FC(F)(F)CON1CCCCC1. The highest BCUT2D eigenvalue weighted by atomic mass is 19.4. The molecule has 2 nitrogen and oxygen atoms in total. The molecule has 5 heteroatoms. The normalized spacial score (nSPS) is 21.2. The number of hydrogen-bond donors (Lipinski definition) is 0. The van der Waals surface area contributed by atoms with Crippen LogP contribution < -0.4 is 0 Å². The monoisotopic (exact) mass is 183 g/mol. The molecule has 0 unspecified atom stereocenters. The van der Waals surface area contributed by atoms with Gasteiger partial charge in [-0.3, -0.25) is 4.84 Å². The second kappa shape index (κ2) is 4.09. The van der Waals surface area contributed by atoms with E-state index in [2.05, 4.69) is 4.84 Å². The molecule has 1 aliphatic rings. The summed E-state index contributed by atoms with van der Waals surface area (Å²) in [5.74, 6) is 0. The van der Waals surface area contributed by atoms with Gasteiger partial charge in [-0.05, 0) is 12.8 Å². The largest absolute Gasteiger partial charge is 0.413 e.